The first kappa shape index (κ1) is 14.7. The van der Waals surface area contributed by atoms with Crippen molar-refractivity contribution in [3.63, 3.8) is 0 Å². The lowest BCUT2D eigenvalue weighted by atomic mass is 10.1. The number of nitro groups is 1. The molecule has 1 aromatic carbocycles. The second-order valence-corrected chi connectivity index (χ2v) is 4.81. The second-order valence-electron chi connectivity index (χ2n) is 4.81. The third kappa shape index (κ3) is 3.25. The lowest BCUT2D eigenvalue weighted by Crippen LogP contribution is -2.33. The largest absolute Gasteiger partial charge is 0.478 e. The number of carbonyl (C=O) groups is 2. The number of amides is 1. The Morgan fingerprint density at radius 1 is 1.38 bits per heavy atom. The Kier molecular flexibility index (Phi) is 4.02. The molecule has 110 valence electrons. The van der Waals surface area contributed by atoms with Gasteiger partial charge in [-0.05, 0) is 18.9 Å². The van der Waals surface area contributed by atoms with Crippen LogP contribution in [-0.4, -0.2) is 39.4 Å². The molecule has 7 heteroatoms. The van der Waals surface area contributed by atoms with Gasteiger partial charge < -0.3 is 10.0 Å². The summed E-state index contributed by atoms with van der Waals surface area (Å²) >= 11 is 0. The molecule has 7 nitrogen and oxygen atoms in total. The number of carboxylic acid groups (broad SMARTS) is 1. The summed E-state index contributed by atoms with van der Waals surface area (Å²) in [7, 11) is 0. The first-order chi connectivity index (χ1) is 9.93. The van der Waals surface area contributed by atoms with Crippen LogP contribution in [0.1, 0.15) is 33.6 Å². The average molecular weight is 290 g/mol. The van der Waals surface area contributed by atoms with Crippen LogP contribution in [0.2, 0.25) is 0 Å². The van der Waals surface area contributed by atoms with E-state index in [0.717, 1.165) is 31.0 Å². The van der Waals surface area contributed by atoms with E-state index in [4.69, 9.17) is 5.11 Å². The number of hydrogen-bond acceptors (Lipinski definition) is 4. The molecule has 2 rings (SSSR count). The zero-order valence-corrected chi connectivity index (χ0v) is 11.2. The highest BCUT2D eigenvalue weighted by Gasteiger charge is 2.33. The second kappa shape index (κ2) is 5.74. The van der Waals surface area contributed by atoms with Crippen molar-refractivity contribution >= 4 is 17.6 Å². The predicted molar refractivity (Wildman–Crippen MR) is 74.3 cm³/mol. The highest BCUT2D eigenvalue weighted by molar-refractivity contribution is 5.98. The maximum absolute atomic E-state index is 12.4. The van der Waals surface area contributed by atoms with Gasteiger partial charge in [-0.2, -0.15) is 0 Å². The van der Waals surface area contributed by atoms with E-state index in [1.165, 1.54) is 0 Å². The van der Waals surface area contributed by atoms with Crippen molar-refractivity contribution in [2.45, 2.75) is 18.9 Å². The van der Waals surface area contributed by atoms with Crippen LogP contribution in [0.4, 0.5) is 5.69 Å². The van der Waals surface area contributed by atoms with Gasteiger partial charge in [-0.15, -0.1) is 6.58 Å². The van der Waals surface area contributed by atoms with Crippen LogP contribution in [0.25, 0.3) is 0 Å². The first-order valence-corrected chi connectivity index (χ1v) is 6.38. The summed E-state index contributed by atoms with van der Waals surface area (Å²) < 4.78 is 0. The number of non-ortho nitro benzene ring substituents is 1. The molecule has 0 aliphatic heterocycles. The zero-order chi connectivity index (χ0) is 15.6. The summed E-state index contributed by atoms with van der Waals surface area (Å²) in [6, 6.07) is 3.31. The number of nitro benzene ring substituents is 1. The molecule has 1 aliphatic rings. The quantitative estimate of drug-likeness (QED) is 0.491. The van der Waals surface area contributed by atoms with Crippen LogP contribution in [0.5, 0.6) is 0 Å². The van der Waals surface area contributed by atoms with Gasteiger partial charge in [0.2, 0.25) is 0 Å². The molecular weight excluding hydrogens is 276 g/mol. The highest BCUT2D eigenvalue weighted by Crippen LogP contribution is 2.29. The molecule has 0 spiro atoms. The summed E-state index contributed by atoms with van der Waals surface area (Å²) in [6.07, 6.45) is 3.33. The van der Waals surface area contributed by atoms with Gasteiger partial charge in [0, 0.05) is 30.3 Å². The topological polar surface area (TPSA) is 101 Å². The standard InChI is InChI=1S/C14H14N2O5/c1-2-5-15(11-3-4-11)13(17)9-6-10(14(18)19)8-12(7-9)16(20)21/h2,6-8,11H,1,3-5H2,(H,18,19). The van der Waals surface area contributed by atoms with Crippen molar-refractivity contribution in [1.82, 2.24) is 4.90 Å². The highest BCUT2D eigenvalue weighted by atomic mass is 16.6. The number of nitrogens with zero attached hydrogens (tertiary/aromatic N) is 2. The molecule has 0 saturated heterocycles. The van der Waals surface area contributed by atoms with Crippen molar-refractivity contribution in [2.75, 3.05) is 6.54 Å². The monoisotopic (exact) mass is 290 g/mol. The molecule has 21 heavy (non-hydrogen) atoms. The number of aromatic carboxylic acids is 1. The molecule has 1 aromatic rings. The van der Waals surface area contributed by atoms with Crippen LogP contribution >= 0.6 is 0 Å². The normalized spacial score (nSPS) is 13.5. The van der Waals surface area contributed by atoms with Gasteiger partial charge in [-0.1, -0.05) is 6.08 Å². The first-order valence-electron chi connectivity index (χ1n) is 6.38. The summed E-state index contributed by atoms with van der Waals surface area (Å²) in [5.74, 6) is -1.72. The van der Waals surface area contributed by atoms with Crippen LogP contribution in [0, 0.1) is 10.1 Å². The van der Waals surface area contributed by atoms with Gasteiger partial charge in [0.1, 0.15) is 0 Å². The molecule has 0 unspecified atom stereocenters. The lowest BCUT2D eigenvalue weighted by Gasteiger charge is -2.20. The van der Waals surface area contributed by atoms with Gasteiger partial charge in [-0.3, -0.25) is 14.9 Å². The Bertz CT molecular complexity index is 590. The Labute approximate surface area is 120 Å². The van der Waals surface area contributed by atoms with Gasteiger partial charge in [0.05, 0.1) is 10.5 Å². The number of hydrogen-bond donors (Lipinski definition) is 1. The Morgan fingerprint density at radius 3 is 2.48 bits per heavy atom. The van der Waals surface area contributed by atoms with Crippen molar-refractivity contribution < 1.29 is 19.6 Å². The summed E-state index contributed by atoms with van der Waals surface area (Å²) in [6.45, 7) is 3.91. The third-order valence-corrected chi connectivity index (χ3v) is 3.20. The van der Waals surface area contributed by atoms with Gasteiger partial charge >= 0.3 is 5.97 Å². The maximum Gasteiger partial charge on any atom is 0.335 e. The van der Waals surface area contributed by atoms with E-state index in [2.05, 4.69) is 6.58 Å². The van der Waals surface area contributed by atoms with E-state index >= 15 is 0 Å². The smallest absolute Gasteiger partial charge is 0.335 e. The maximum atomic E-state index is 12.4. The summed E-state index contributed by atoms with van der Waals surface area (Å²) in [4.78, 5) is 35.2. The fourth-order valence-corrected chi connectivity index (χ4v) is 2.05. The molecule has 1 aliphatic carbocycles. The molecule has 0 radical (unpaired) electrons. The van der Waals surface area contributed by atoms with E-state index < -0.39 is 22.5 Å². The van der Waals surface area contributed by atoms with E-state index in [9.17, 15) is 19.7 Å². The Morgan fingerprint density at radius 2 is 2.00 bits per heavy atom. The fraction of sp³-hybridized carbons (Fsp3) is 0.286. The zero-order valence-electron chi connectivity index (χ0n) is 11.2. The van der Waals surface area contributed by atoms with Gasteiger partial charge in [0.15, 0.2) is 0 Å². The Hall–Kier alpha value is -2.70. The molecule has 1 amide bonds. The van der Waals surface area contributed by atoms with Gasteiger partial charge in [0.25, 0.3) is 11.6 Å². The molecule has 1 saturated carbocycles. The molecule has 1 fully saturated rings. The molecule has 1 N–H and O–H groups in total. The lowest BCUT2D eigenvalue weighted by molar-refractivity contribution is -0.384. The molecule has 0 atom stereocenters. The Balaban J connectivity index is 2.41. The van der Waals surface area contributed by atoms with Crippen molar-refractivity contribution in [2.24, 2.45) is 0 Å². The number of carbonyl (C=O) groups excluding carboxylic acids is 1. The third-order valence-electron chi connectivity index (χ3n) is 3.20. The van der Waals surface area contributed by atoms with E-state index in [0.29, 0.717) is 6.54 Å². The van der Waals surface area contributed by atoms with Crippen LogP contribution in [0.3, 0.4) is 0 Å². The molecule has 0 heterocycles. The minimum Gasteiger partial charge on any atom is -0.478 e. The minimum absolute atomic E-state index is 0.00958. The van der Waals surface area contributed by atoms with Crippen LogP contribution in [-0.2, 0) is 0 Å². The molecule has 0 aromatic heterocycles. The molecule has 0 bridgehead atoms. The minimum atomic E-state index is -1.31. The van der Waals surface area contributed by atoms with Gasteiger partial charge in [-0.25, -0.2) is 4.79 Å². The van der Waals surface area contributed by atoms with E-state index in [-0.39, 0.29) is 17.2 Å². The number of rotatable bonds is 6. The summed E-state index contributed by atoms with van der Waals surface area (Å²) in [5, 5.41) is 19.9. The van der Waals surface area contributed by atoms with Crippen molar-refractivity contribution in [1.29, 1.82) is 0 Å². The number of benzene rings is 1. The van der Waals surface area contributed by atoms with E-state index in [1.54, 1.807) is 11.0 Å². The van der Waals surface area contributed by atoms with Crippen LogP contribution < -0.4 is 0 Å². The summed E-state index contributed by atoms with van der Waals surface area (Å²) in [5.41, 5.74) is -0.676. The predicted octanol–water partition coefficient (Wildman–Crippen LogP) is 2.08. The van der Waals surface area contributed by atoms with Crippen LogP contribution in [0.15, 0.2) is 30.9 Å². The van der Waals surface area contributed by atoms with E-state index in [1.807, 2.05) is 0 Å². The fourth-order valence-electron chi connectivity index (χ4n) is 2.05. The van der Waals surface area contributed by atoms with Crippen molar-refractivity contribution in [3.05, 3.63) is 52.1 Å². The average Bonchev–Trinajstić information content (AvgIpc) is 3.27. The molecular formula is C14H14N2O5. The van der Waals surface area contributed by atoms with Crippen molar-refractivity contribution in [3.8, 4) is 0 Å². The number of carboxylic acids is 1. The SMILES string of the molecule is C=CCN(C(=O)c1cc(C(=O)O)cc([N+](=O)[O-])c1)C1CC1.